The van der Waals surface area contributed by atoms with Crippen molar-refractivity contribution in [1.29, 1.82) is 0 Å². The number of alkyl halides is 3. The lowest BCUT2D eigenvalue weighted by molar-refractivity contribution is -0.141. The third-order valence-corrected chi connectivity index (χ3v) is 2.54. The Kier molecular flexibility index (Phi) is 3.70. The van der Waals surface area contributed by atoms with Gasteiger partial charge in [-0.15, -0.1) is 0 Å². The van der Waals surface area contributed by atoms with Gasteiger partial charge in [-0.05, 0) is 30.3 Å². The highest BCUT2D eigenvalue weighted by atomic mass is 19.4. The van der Waals surface area contributed by atoms with Gasteiger partial charge in [-0.3, -0.25) is 4.79 Å². The number of amides is 1. The van der Waals surface area contributed by atoms with Crippen LogP contribution in [0.15, 0.2) is 36.5 Å². The first kappa shape index (κ1) is 14.6. The Labute approximate surface area is 116 Å². The first-order valence-electron chi connectivity index (χ1n) is 5.64. The van der Waals surface area contributed by atoms with E-state index in [0.717, 1.165) is 30.5 Å². The summed E-state index contributed by atoms with van der Waals surface area (Å²) in [5, 5.41) is 21.0. The van der Waals surface area contributed by atoms with Gasteiger partial charge in [0.05, 0.1) is 17.4 Å². The highest BCUT2D eigenvalue weighted by Gasteiger charge is 2.32. The molecule has 0 saturated carbocycles. The van der Waals surface area contributed by atoms with Gasteiger partial charge in [0, 0.05) is 0 Å². The van der Waals surface area contributed by atoms with Crippen molar-refractivity contribution in [1.82, 2.24) is 4.98 Å². The van der Waals surface area contributed by atoms with Gasteiger partial charge >= 0.3 is 6.18 Å². The largest absolute Gasteiger partial charge is 0.508 e. The van der Waals surface area contributed by atoms with Crippen molar-refractivity contribution in [2.24, 2.45) is 0 Å². The number of carbonyl (C=O) groups excluding carboxylic acids is 1. The number of hydrogen-bond acceptors (Lipinski definition) is 4. The Morgan fingerprint density at radius 1 is 1.14 bits per heavy atom. The minimum absolute atomic E-state index is 0.0238. The zero-order valence-electron chi connectivity index (χ0n) is 10.3. The molecular weight excluding hydrogens is 289 g/mol. The summed E-state index contributed by atoms with van der Waals surface area (Å²) < 4.78 is 37.0. The van der Waals surface area contributed by atoms with Gasteiger partial charge in [-0.2, -0.15) is 13.2 Å². The number of nitrogens with zero attached hydrogens (tertiary/aromatic N) is 1. The summed E-state index contributed by atoms with van der Waals surface area (Å²) in [7, 11) is 0. The number of benzene rings is 1. The van der Waals surface area contributed by atoms with Crippen molar-refractivity contribution in [2.45, 2.75) is 6.18 Å². The molecule has 0 aliphatic rings. The van der Waals surface area contributed by atoms with Crippen molar-refractivity contribution < 1.29 is 28.2 Å². The maximum absolute atomic E-state index is 12.3. The predicted molar refractivity (Wildman–Crippen MR) is 67.0 cm³/mol. The van der Waals surface area contributed by atoms with Crippen LogP contribution < -0.4 is 5.32 Å². The topological polar surface area (TPSA) is 82.5 Å². The molecule has 1 aromatic carbocycles. The van der Waals surface area contributed by atoms with Crippen LogP contribution in [-0.4, -0.2) is 21.1 Å². The van der Waals surface area contributed by atoms with Crippen LogP contribution in [0.4, 0.5) is 18.9 Å². The molecule has 0 spiro atoms. The molecule has 3 N–H and O–H groups in total. The van der Waals surface area contributed by atoms with Gasteiger partial charge in [-0.1, -0.05) is 0 Å². The molecule has 110 valence electrons. The minimum Gasteiger partial charge on any atom is -0.508 e. The first-order valence-corrected chi connectivity index (χ1v) is 5.64. The Bertz CT molecular complexity index is 669. The third-order valence-electron chi connectivity index (χ3n) is 2.54. The second-order valence-electron chi connectivity index (χ2n) is 4.09. The fourth-order valence-electron chi connectivity index (χ4n) is 1.54. The number of pyridine rings is 1. The summed E-state index contributed by atoms with van der Waals surface area (Å²) in [6.45, 7) is 0. The number of phenolic OH excluding ortho intramolecular Hbond substituents is 2. The SMILES string of the molecule is O=C(Nc1ccc(C(F)(F)F)nc1)c1cc(O)ccc1O. The van der Waals surface area contributed by atoms with Gasteiger partial charge in [0.2, 0.25) is 0 Å². The van der Waals surface area contributed by atoms with E-state index in [4.69, 9.17) is 0 Å². The molecule has 21 heavy (non-hydrogen) atoms. The molecule has 5 nitrogen and oxygen atoms in total. The normalized spacial score (nSPS) is 11.2. The van der Waals surface area contributed by atoms with E-state index in [1.54, 1.807) is 0 Å². The Morgan fingerprint density at radius 2 is 1.86 bits per heavy atom. The number of rotatable bonds is 2. The number of carbonyl (C=O) groups is 1. The van der Waals surface area contributed by atoms with Crippen LogP contribution in [0.5, 0.6) is 11.5 Å². The van der Waals surface area contributed by atoms with Gasteiger partial charge in [-0.25, -0.2) is 4.98 Å². The Morgan fingerprint density at radius 3 is 2.43 bits per heavy atom. The number of aromatic hydroxyl groups is 2. The Hall–Kier alpha value is -2.77. The molecule has 2 rings (SSSR count). The first-order chi connectivity index (χ1) is 9.77. The average Bonchev–Trinajstić information content (AvgIpc) is 2.41. The molecule has 0 aliphatic carbocycles. The maximum atomic E-state index is 12.3. The quantitative estimate of drug-likeness (QED) is 0.745. The van der Waals surface area contributed by atoms with E-state index < -0.39 is 17.8 Å². The monoisotopic (exact) mass is 298 g/mol. The van der Waals surface area contributed by atoms with Gasteiger partial charge < -0.3 is 15.5 Å². The van der Waals surface area contributed by atoms with Crippen LogP contribution in [0.25, 0.3) is 0 Å². The smallest absolute Gasteiger partial charge is 0.433 e. The average molecular weight is 298 g/mol. The number of halogens is 3. The number of anilines is 1. The molecule has 1 aromatic heterocycles. The van der Waals surface area contributed by atoms with Crippen molar-refractivity contribution in [3.05, 3.63) is 47.8 Å². The number of nitrogens with one attached hydrogen (secondary N) is 1. The lowest BCUT2D eigenvalue weighted by Crippen LogP contribution is -2.13. The third kappa shape index (κ3) is 3.41. The zero-order chi connectivity index (χ0) is 15.6. The molecule has 0 unspecified atom stereocenters. The molecule has 0 aliphatic heterocycles. The van der Waals surface area contributed by atoms with Crippen molar-refractivity contribution in [3.63, 3.8) is 0 Å². The van der Waals surface area contributed by atoms with E-state index in [0.29, 0.717) is 0 Å². The van der Waals surface area contributed by atoms with E-state index in [9.17, 15) is 28.2 Å². The molecule has 0 saturated heterocycles. The molecule has 0 fully saturated rings. The van der Waals surface area contributed by atoms with Crippen molar-refractivity contribution in [2.75, 3.05) is 5.32 Å². The van der Waals surface area contributed by atoms with Crippen molar-refractivity contribution >= 4 is 11.6 Å². The van der Waals surface area contributed by atoms with Crippen LogP contribution in [-0.2, 0) is 6.18 Å². The molecule has 0 bridgehead atoms. The maximum Gasteiger partial charge on any atom is 0.433 e. The molecule has 1 heterocycles. The summed E-state index contributed by atoms with van der Waals surface area (Å²) in [5.41, 5.74) is -1.27. The van der Waals surface area contributed by atoms with E-state index in [1.807, 2.05) is 0 Å². The summed E-state index contributed by atoms with van der Waals surface area (Å²) in [5.74, 6) is -1.39. The zero-order valence-corrected chi connectivity index (χ0v) is 10.3. The van der Waals surface area contributed by atoms with Gasteiger partial charge in [0.15, 0.2) is 0 Å². The minimum atomic E-state index is -4.56. The molecule has 1 amide bonds. The van der Waals surface area contributed by atoms with E-state index in [1.165, 1.54) is 6.07 Å². The summed E-state index contributed by atoms with van der Waals surface area (Å²) >= 11 is 0. The van der Waals surface area contributed by atoms with Crippen LogP contribution >= 0.6 is 0 Å². The molecular formula is C13H9F3N2O3. The molecule has 2 aromatic rings. The van der Waals surface area contributed by atoms with E-state index in [-0.39, 0.29) is 22.7 Å². The molecule has 8 heteroatoms. The Balaban J connectivity index is 2.18. The summed E-state index contributed by atoms with van der Waals surface area (Å²) in [6.07, 6.45) is -3.72. The molecule has 0 radical (unpaired) electrons. The van der Waals surface area contributed by atoms with Crippen molar-refractivity contribution in [3.8, 4) is 11.5 Å². The van der Waals surface area contributed by atoms with Crippen LogP contribution in [0.3, 0.4) is 0 Å². The number of hydrogen-bond donors (Lipinski definition) is 3. The van der Waals surface area contributed by atoms with E-state index in [2.05, 4.69) is 10.3 Å². The van der Waals surface area contributed by atoms with Crippen LogP contribution in [0.2, 0.25) is 0 Å². The van der Waals surface area contributed by atoms with E-state index >= 15 is 0 Å². The fourth-order valence-corrected chi connectivity index (χ4v) is 1.54. The lowest BCUT2D eigenvalue weighted by atomic mass is 10.1. The molecule has 0 atom stereocenters. The van der Waals surface area contributed by atoms with Crippen LogP contribution in [0.1, 0.15) is 16.1 Å². The van der Waals surface area contributed by atoms with Crippen LogP contribution in [0, 0.1) is 0 Å². The number of aromatic nitrogens is 1. The highest BCUT2D eigenvalue weighted by molar-refractivity contribution is 6.06. The standard InChI is InChI=1S/C13H9F3N2O3/c14-13(15,16)11-4-1-7(6-17-11)18-12(21)9-5-8(19)2-3-10(9)20/h1-6,19-20H,(H,18,21). The fraction of sp³-hybridized carbons (Fsp3) is 0.0769. The second kappa shape index (κ2) is 5.31. The second-order valence-corrected chi connectivity index (χ2v) is 4.09. The summed E-state index contributed by atoms with van der Waals surface area (Å²) in [6, 6.07) is 5.09. The van der Waals surface area contributed by atoms with Gasteiger partial charge in [0.1, 0.15) is 17.2 Å². The lowest BCUT2D eigenvalue weighted by Gasteiger charge is -2.09. The predicted octanol–water partition coefficient (Wildman–Crippen LogP) is 2.76. The number of phenols is 2. The highest BCUT2D eigenvalue weighted by Crippen LogP contribution is 2.28. The van der Waals surface area contributed by atoms with Gasteiger partial charge in [0.25, 0.3) is 5.91 Å². The summed E-state index contributed by atoms with van der Waals surface area (Å²) in [4.78, 5) is 15.0.